The Hall–Kier alpha value is -1.90. The van der Waals surface area contributed by atoms with Gasteiger partial charge in [0.25, 0.3) is 0 Å². The number of hydrogen-bond donors (Lipinski definition) is 1. The summed E-state index contributed by atoms with van der Waals surface area (Å²) in [5.74, 6) is -0.248. The fourth-order valence-electron chi connectivity index (χ4n) is 1.33. The molecule has 0 aromatic heterocycles. The third-order valence-corrected chi connectivity index (χ3v) is 2.16. The second-order valence-electron chi connectivity index (χ2n) is 3.47. The minimum absolute atomic E-state index is 0.116. The van der Waals surface area contributed by atoms with Crippen molar-refractivity contribution >= 4 is 17.8 Å². The van der Waals surface area contributed by atoms with Gasteiger partial charge in [0.05, 0.1) is 0 Å². The molecule has 3 nitrogen and oxygen atoms in total. The molecular weight excluding hydrogens is 202 g/mol. The lowest BCUT2D eigenvalue weighted by Crippen LogP contribution is -2.07. The number of primary amides is 1. The van der Waals surface area contributed by atoms with Crippen LogP contribution in [0.2, 0.25) is 0 Å². The quantitative estimate of drug-likeness (QED) is 0.768. The molecule has 0 bridgehead atoms. The summed E-state index contributed by atoms with van der Waals surface area (Å²) < 4.78 is 0. The maximum Gasteiger partial charge on any atom is 0.221 e. The van der Waals surface area contributed by atoms with Crippen LogP contribution in [-0.4, -0.2) is 11.7 Å². The highest BCUT2D eigenvalue weighted by Crippen LogP contribution is 2.09. The Morgan fingerprint density at radius 2 is 2.12 bits per heavy atom. The summed E-state index contributed by atoms with van der Waals surface area (Å²) in [4.78, 5) is 22.0. The van der Waals surface area contributed by atoms with Gasteiger partial charge in [0.1, 0.15) is 0 Å². The van der Waals surface area contributed by atoms with Crippen LogP contribution < -0.4 is 5.73 Å². The first-order valence-corrected chi connectivity index (χ1v) is 5.21. The third-order valence-electron chi connectivity index (χ3n) is 2.16. The van der Waals surface area contributed by atoms with Crippen LogP contribution in [-0.2, 0) is 4.79 Å². The Balaban J connectivity index is 2.78. The van der Waals surface area contributed by atoms with E-state index < -0.39 is 0 Å². The van der Waals surface area contributed by atoms with E-state index in [0.29, 0.717) is 12.0 Å². The Morgan fingerprint density at radius 3 is 2.75 bits per heavy atom. The lowest BCUT2D eigenvalue weighted by Gasteiger charge is -1.99. The number of nitrogens with two attached hydrogens (primary N) is 1. The van der Waals surface area contributed by atoms with Crippen molar-refractivity contribution in [3.63, 3.8) is 0 Å². The summed E-state index contributed by atoms with van der Waals surface area (Å²) in [5, 5.41) is 0. The summed E-state index contributed by atoms with van der Waals surface area (Å²) in [6.07, 6.45) is 4.19. The van der Waals surface area contributed by atoms with E-state index in [1.54, 1.807) is 18.2 Å². The largest absolute Gasteiger partial charge is 0.369 e. The van der Waals surface area contributed by atoms with Crippen molar-refractivity contribution in [1.82, 2.24) is 0 Å². The van der Waals surface area contributed by atoms with Gasteiger partial charge in [0, 0.05) is 18.4 Å². The van der Waals surface area contributed by atoms with Crippen molar-refractivity contribution in [1.29, 1.82) is 0 Å². The van der Waals surface area contributed by atoms with Crippen LogP contribution in [0, 0.1) is 0 Å². The molecule has 0 spiro atoms. The zero-order chi connectivity index (χ0) is 12.0. The molecule has 1 aromatic carbocycles. The number of Topliss-reactive ketones (excluding diaryl/α,β-unsaturated/α-hetero) is 1. The van der Waals surface area contributed by atoms with Crippen LogP contribution in [0.3, 0.4) is 0 Å². The molecule has 0 aliphatic rings. The van der Waals surface area contributed by atoms with Crippen LogP contribution in [0.4, 0.5) is 0 Å². The van der Waals surface area contributed by atoms with Crippen molar-refractivity contribution in [2.24, 2.45) is 5.73 Å². The van der Waals surface area contributed by atoms with E-state index in [-0.39, 0.29) is 18.1 Å². The minimum atomic E-state index is -0.364. The molecule has 2 N–H and O–H groups in total. The molecule has 3 heteroatoms. The fourth-order valence-corrected chi connectivity index (χ4v) is 1.33. The molecule has 0 radical (unpaired) electrons. The number of hydrogen-bond acceptors (Lipinski definition) is 2. The Morgan fingerprint density at radius 1 is 1.38 bits per heavy atom. The Labute approximate surface area is 95.0 Å². The van der Waals surface area contributed by atoms with Gasteiger partial charge in [-0.15, -0.1) is 0 Å². The predicted molar refractivity (Wildman–Crippen MR) is 63.9 cm³/mol. The first-order chi connectivity index (χ1) is 7.63. The molecule has 0 aliphatic heterocycles. The first-order valence-electron chi connectivity index (χ1n) is 5.21. The van der Waals surface area contributed by atoms with E-state index in [1.165, 1.54) is 0 Å². The normalized spacial score (nSPS) is 10.6. The van der Waals surface area contributed by atoms with Gasteiger partial charge < -0.3 is 5.73 Å². The van der Waals surface area contributed by atoms with Gasteiger partial charge in [-0.1, -0.05) is 37.3 Å². The highest BCUT2D eigenvalue weighted by Gasteiger charge is 2.01. The maximum atomic E-state index is 11.4. The Bertz CT molecular complexity index is 422. The van der Waals surface area contributed by atoms with Crippen LogP contribution in [0.1, 0.15) is 35.7 Å². The molecule has 0 fully saturated rings. The number of ketones is 1. The molecule has 16 heavy (non-hydrogen) atoms. The van der Waals surface area contributed by atoms with Gasteiger partial charge in [-0.3, -0.25) is 9.59 Å². The lowest BCUT2D eigenvalue weighted by molar-refractivity contribution is -0.117. The van der Waals surface area contributed by atoms with E-state index >= 15 is 0 Å². The van der Waals surface area contributed by atoms with Gasteiger partial charge in [-0.05, 0) is 11.6 Å². The average Bonchev–Trinajstić information content (AvgIpc) is 2.28. The third kappa shape index (κ3) is 3.69. The number of benzene rings is 1. The molecule has 1 rings (SSSR count). The zero-order valence-corrected chi connectivity index (χ0v) is 9.27. The summed E-state index contributed by atoms with van der Waals surface area (Å²) in [6, 6.07) is 7.30. The zero-order valence-electron chi connectivity index (χ0n) is 9.27. The van der Waals surface area contributed by atoms with Gasteiger partial charge >= 0.3 is 0 Å². The molecule has 0 aliphatic carbocycles. The molecule has 84 valence electrons. The molecule has 0 atom stereocenters. The standard InChI is InChI=1S/C13H15NO2/c1-2-12(15)11-7-3-5-10(9-11)6-4-8-13(14)16/h3-7,9H,2,8H2,1H3,(H2,14,16). The van der Waals surface area contributed by atoms with E-state index in [0.717, 1.165) is 5.56 Å². The molecule has 1 aromatic rings. The van der Waals surface area contributed by atoms with E-state index in [4.69, 9.17) is 5.73 Å². The van der Waals surface area contributed by atoms with Crippen molar-refractivity contribution in [2.75, 3.05) is 0 Å². The van der Waals surface area contributed by atoms with Gasteiger partial charge in [-0.25, -0.2) is 0 Å². The van der Waals surface area contributed by atoms with Crippen LogP contribution in [0.5, 0.6) is 0 Å². The first kappa shape index (κ1) is 12.2. The van der Waals surface area contributed by atoms with E-state index in [2.05, 4.69) is 0 Å². The van der Waals surface area contributed by atoms with Crippen LogP contribution >= 0.6 is 0 Å². The lowest BCUT2D eigenvalue weighted by atomic mass is 10.1. The molecule has 0 saturated carbocycles. The SMILES string of the molecule is CCC(=O)c1cccc(C=CCC(N)=O)c1. The number of carbonyl (C=O) groups is 2. The van der Waals surface area contributed by atoms with E-state index in [1.807, 2.05) is 25.1 Å². The summed E-state index contributed by atoms with van der Waals surface area (Å²) in [7, 11) is 0. The van der Waals surface area contributed by atoms with Gasteiger partial charge in [0.2, 0.25) is 5.91 Å². The predicted octanol–water partition coefficient (Wildman–Crippen LogP) is 2.17. The van der Waals surface area contributed by atoms with Gasteiger partial charge in [0.15, 0.2) is 5.78 Å². The van der Waals surface area contributed by atoms with Crippen molar-refractivity contribution < 1.29 is 9.59 Å². The van der Waals surface area contributed by atoms with Crippen LogP contribution in [0.15, 0.2) is 30.3 Å². The van der Waals surface area contributed by atoms with Gasteiger partial charge in [-0.2, -0.15) is 0 Å². The highest BCUT2D eigenvalue weighted by atomic mass is 16.1. The topological polar surface area (TPSA) is 60.2 Å². The monoisotopic (exact) mass is 217 g/mol. The fraction of sp³-hybridized carbons (Fsp3) is 0.231. The second-order valence-corrected chi connectivity index (χ2v) is 3.47. The molecular formula is C13H15NO2. The average molecular weight is 217 g/mol. The van der Waals surface area contributed by atoms with Crippen molar-refractivity contribution in [3.05, 3.63) is 41.5 Å². The van der Waals surface area contributed by atoms with E-state index in [9.17, 15) is 9.59 Å². The minimum Gasteiger partial charge on any atom is -0.369 e. The van der Waals surface area contributed by atoms with Crippen LogP contribution in [0.25, 0.3) is 6.08 Å². The molecule has 0 unspecified atom stereocenters. The number of rotatable bonds is 5. The van der Waals surface area contributed by atoms with Crippen molar-refractivity contribution in [3.8, 4) is 0 Å². The number of carbonyl (C=O) groups excluding carboxylic acids is 2. The molecule has 0 saturated heterocycles. The Kier molecular flexibility index (Phi) is 4.45. The number of amides is 1. The summed E-state index contributed by atoms with van der Waals surface area (Å²) in [5.41, 5.74) is 6.61. The summed E-state index contributed by atoms with van der Waals surface area (Å²) >= 11 is 0. The summed E-state index contributed by atoms with van der Waals surface area (Å²) in [6.45, 7) is 1.83. The molecule has 0 heterocycles. The van der Waals surface area contributed by atoms with Crippen molar-refractivity contribution in [2.45, 2.75) is 19.8 Å². The maximum absolute atomic E-state index is 11.4. The smallest absolute Gasteiger partial charge is 0.221 e. The highest BCUT2D eigenvalue weighted by molar-refractivity contribution is 5.96. The molecule has 1 amide bonds. The second kappa shape index (κ2) is 5.85.